The fourth-order valence-electron chi connectivity index (χ4n) is 2.62. The van der Waals surface area contributed by atoms with Crippen molar-refractivity contribution in [2.24, 2.45) is 5.41 Å². The number of carboxylic acids is 1. The van der Waals surface area contributed by atoms with Gasteiger partial charge in [0.05, 0.1) is 17.5 Å². The van der Waals surface area contributed by atoms with Gasteiger partial charge in [0.15, 0.2) is 0 Å². The van der Waals surface area contributed by atoms with E-state index in [4.69, 9.17) is 22.1 Å². The lowest BCUT2D eigenvalue weighted by atomic mass is 9.80. The minimum absolute atomic E-state index is 0.459. The maximum absolute atomic E-state index is 12.0. The normalized spacial score (nSPS) is 11.5. The minimum Gasteiger partial charge on any atom is -0.495 e. The van der Waals surface area contributed by atoms with Gasteiger partial charge in [-0.15, -0.1) is 11.8 Å². The number of carbonyl (C=O) groups is 1. The molecule has 0 heterocycles. The number of aliphatic carboxylic acids is 1. The first-order chi connectivity index (χ1) is 11.4. The number of thioether (sulfide) groups is 1. The first kappa shape index (κ1) is 21.0. The van der Waals surface area contributed by atoms with E-state index in [1.165, 1.54) is 11.8 Å². The Hall–Kier alpha value is -1.07. The van der Waals surface area contributed by atoms with Crippen LogP contribution in [0.15, 0.2) is 17.0 Å². The lowest BCUT2D eigenvalue weighted by Gasteiger charge is -2.29. The fourth-order valence-corrected chi connectivity index (χ4v) is 4.13. The van der Waals surface area contributed by atoms with Crippen LogP contribution in [0.1, 0.15) is 52.4 Å². The highest BCUT2D eigenvalue weighted by molar-refractivity contribution is 7.99. The Morgan fingerprint density at radius 2 is 1.88 bits per heavy atom. The first-order valence-corrected chi connectivity index (χ1v) is 9.75. The van der Waals surface area contributed by atoms with Gasteiger partial charge in [0.25, 0.3) is 0 Å². The van der Waals surface area contributed by atoms with Gasteiger partial charge in [-0.1, -0.05) is 51.1 Å². The highest BCUT2D eigenvalue weighted by atomic mass is 35.5. The van der Waals surface area contributed by atoms with Crippen molar-refractivity contribution >= 4 is 35.0 Å². The van der Waals surface area contributed by atoms with E-state index in [-0.39, 0.29) is 0 Å². The van der Waals surface area contributed by atoms with E-state index in [9.17, 15) is 9.90 Å². The molecule has 0 radical (unpaired) electrons. The first-order valence-electron chi connectivity index (χ1n) is 8.39. The number of rotatable bonds is 11. The van der Waals surface area contributed by atoms with Gasteiger partial charge in [0.2, 0.25) is 0 Å². The number of hydrogen-bond donors (Lipinski definition) is 2. The molecule has 24 heavy (non-hydrogen) atoms. The van der Waals surface area contributed by atoms with Gasteiger partial charge >= 0.3 is 5.97 Å². The summed E-state index contributed by atoms with van der Waals surface area (Å²) in [5.74, 6) is 0.338. The average molecular weight is 374 g/mol. The molecule has 0 amide bonds. The summed E-state index contributed by atoms with van der Waals surface area (Å²) in [5, 5.41) is 10.3. The van der Waals surface area contributed by atoms with Gasteiger partial charge in [-0.3, -0.25) is 4.79 Å². The molecular weight excluding hydrogens is 346 g/mol. The van der Waals surface area contributed by atoms with Crippen molar-refractivity contribution in [3.8, 4) is 5.75 Å². The molecule has 0 bridgehead atoms. The Labute approximate surface area is 154 Å². The number of nitrogens with two attached hydrogens (primary N) is 1. The molecular formula is C18H28ClNO3S. The van der Waals surface area contributed by atoms with Crippen LogP contribution in [0.25, 0.3) is 0 Å². The second-order valence-corrected chi connectivity index (χ2v) is 7.53. The Balaban J connectivity index is 3.00. The fraction of sp³-hybridized carbons (Fsp3) is 0.611. The van der Waals surface area contributed by atoms with Crippen molar-refractivity contribution in [2.45, 2.75) is 57.3 Å². The topological polar surface area (TPSA) is 72.5 Å². The molecule has 1 rings (SSSR count). The average Bonchev–Trinajstić information content (AvgIpc) is 2.55. The third kappa shape index (κ3) is 5.49. The molecule has 0 saturated carbocycles. The second kappa shape index (κ2) is 10.0. The Morgan fingerprint density at radius 1 is 1.29 bits per heavy atom. The molecule has 136 valence electrons. The predicted molar refractivity (Wildman–Crippen MR) is 102 cm³/mol. The van der Waals surface area contributed by atoms with E-state index in [1.54, 1.807) is 19.2 Å². The quantitative estimate of drug-likeness (QED) is 0.397. The van der Waals surface area contributed by atoms with E-state index in [0.717, 1.165) is 30.6 Å². The Bertz CT molecular complexity index is 543. The summed E-state index contributed by atoms with van der Waals surface area (Å²) in [6.07, 6.45) is 5.18. The number of ether oxygens (including phenoxy) is 1. The molecule has 0 atom stereocenters. The zero-order chi connectivity index (χ0) is 18.2. The van der Waals surface area contributed by atoms with Crippen molar-refractivity contribution < 1.29 is 14.6 Å². The van der Waals surface area contributed by atoms with E-state index in [0.29, 0.717) is 35.1 Å². The van der Waals surface area contributed by atoms with Crippen LogP contribution in [0.2, 0.25) is 5.02 Å². The monoisotopic (exact) mass is 373 g/mol. The molecule has 6 heteroatoms. The molecule has 0 saturated heterocycles. The second-order valence-electron chi connectivity index (χ2n) is 6.11. The molecule has 0 spiro atoms. The summed E-state index contributed by atoms with van der Waals surface area (Å²) >= 11 is 7.55. The van der Waals surface area contributed by atoms with Gasteiger partial charge in [0, 0.05) is 16.3 Å². The molecule has 1 aromatic rings. The van der Waals surface area contributed by atoms with Gasteiger partial charge in [-0.2, -0.15) is 0 Å². The molecule has 3 N–H and O–H groups in total. The van der Waals surface area contributed by atoms with Crippen LogP contribution in [0, 0.1) is 5.41 Å². The van der Waals surface area contributed by atoms with Crippen molar-refractivity contribution in [3.63, 3.8) is 0 Å². The third-order valence-corrected chi connectivity index (χ3v) is 5.92. The highest BCUT2D eigenvalue weighted by Crippen LogP contribution is 2.41. The lowest BCUT2D eigenvalue weighted by molar-refractivity contribution is -0.148. The zero-order valence-corrected chi connectivity index (χ0v) is 16.3. The molecule has 1 aromatic carbocycles. The zero-order valence-electron chi connectivity index (χ0n) is 14.7. The summed E-state index contributed by atoms with van der Waals surface area (Å²) in [7, 11) is 1.55. The van der Waals surface area contributed by atoms with E-state index < -0.39 is 11.4 Å². The van der Waals surface area contributed by atoms with Crippen molar-refractivity contribution in [1.82, 2.24) is 0 Å². The summed E-state index contributed by atoms with van der Waals surface area (Å²) in [4.78, 5) is 12.8. The van der Waals surface area contributed by atoms with E-state index >= 15 is 0 Å². The third-order valence-electron chi connectivity index (χ3n) is 4.26. The number of halogens is 1. The van der Waals surface area contributed by atoms with Crippen LogP contribution >= 0.6 is 23.4 Å². The molecule has 0 aliphatic carbocycles. The van der Waals surface area contributed by atoms with Crippen LogP contribution in [0.4, 0.5) is 5.69 Å². The van der Waals surface area contributed by atoms with E-state index in [2.05, 4.69) is 13.8 Å². The molecule has 0 unspecified atom stereocenters. The molecule has 4 nitrogen and oxygen atoms in total. The van der Waals surface area contributed by atoms with Crippen LogP contribution in [0.5, 0.6) is 5.75 Å². The van der Waals surface area contributed by atoms with Crippen molar-refractivity contribution in [2.75, 3.05) is 18.6 Å². The number of anilines is 1. The Kier molecular flexibility index (Phi) is 8.78. The number of nitrogen functional groups attached to an aromatic ring is 1. The molecule has 0 aliphatic rings. The van der Waals surface area contributed by atoms with E-state index in [1.807, 2.05) is 0 Å². The van der Waals surface area contributed by atoms with Crippen molar-refractivity contribution in [3.05, 3.63) is 17.2 Å². The molecule has 0 aliphatic heterocycles. The van der Waals surface area contributed by atoms with Crippen LogP contribution in [-0.2, 0) is 4.79 Å². The standard InChI is InChI=1S/C18H28ClNO3S/c1-4-6-8-18(17(21)22,9-7-5-2)12-24-16-11-15(23-3)13(19)10-14(16)20/h10-11H,4-9,12,20H2,1-3H3,(H,21,22). The number of unbranched alkanes of at least 4 members (excludes halogenated alkanes) is 2. The maximum Gasteiger partial charge on any atom is 0.310 e. The summed E-state index contributed by atoms with van der Waals surface area (Å²) in [6.45, 7) is 4.17. The number of methoxy groups -OCH3 is 1. The largest absolute Gasteiger partial charge is 0.495 e. The number of carboxylic acid groups (broad SMARTS) is 1. The lowest BCUT2D eigenvalue weighted by Crippen LogP contribution is -2.34. The van der Waals surface area contributed by atoms with Crippen LogP contribution < -0.4 is 10.5 Å². The van der Waals surface area contributed by atoms with Gasteiger partial charge in [-0.05, 0) is 25.0 Å². The summed E-state index contributed by atoms with van der Waals surface area (Å²) in [6, 6.07) is 3.44. The summed E-state index contributed by atoms with van der Waals surface area (Å²) < 4.78 is 5.23. The predicted octanol–water partition coefficient (Wildman–Crippen LogP) is 5.47. The van der Waals surface area contributed by atoms with Gasteiger partial charge in [0.1, 0.15) is 5.75 Å². The van der Waals surface area contributed by atoms with Gasteiger partial charge in [-0.25, -0.2) is 0 Å². The highest BCUT2D eigenvalue weighted by Gasteiger charge is 2.37. The summed E-state index contributed by atoms with van der Waals surface area (Å²) in [5.41, 5.74) is 5.88. The number of benzene rings is 1. The smallest absolute Gasteiger partial charge is 0.310 e. The molecule has 0 aromatic heterocycles. The van der Waals surface area contributed by atoms with Crippen LogP contribution in [-0.4, -0.2) is 23.9 Å². The van der Waals surface area contributed by atoms with Crippen molar-refractivity contribution in [1.29, 1.82) is 0 Å². The number of hydrogen-bond acceptors (Lipinski definition) is 4. The SMILES string of the molecule is CCCCC(CCCC)(CSc1cc(OC)c(Cl)cc1N)C(=O)O. The Morgan fingerprint density at radius 3 is 2.33 bits per heavy atom. The molecule has 0 fully saturated rings. The van der Waals surface area contributed by atoms with Gasteiger partial charge < -0.3 is 15.6 Å². The van der Waals surface area contributed by atoms with Crippen LogP contribution in [0.3, 0.4) is 0 Å². The minimum atomic E-state index is -0.712. The maximum atomic E-state index is 12.0.